The van der Waals surface area contributed by atoms with Crippen LogP contribution in [0.4, 0.5) is 0 Å². The van der Waals surface area contributed by atoms with Crippen molar-refractivity contribution in [2.45, 2.75) is 45.4 Å². The van der Waals surface area contributed by atoms with Gasteiger partial charge in [-0.1, -0.05) is 6.92 Å². The van der Waals surface area contributed by atoms with Crippen LogP contribution in [0.1, 0.15) is 43.9 Å². The highest BCUT2D eigenvalue weighted by Crippen LogP contribution is 2.30. The zero-order valence-corrected chi connectivity index (χ0v) is 14.1. The first-order valence-electron chi connectivity index (χ1n) is 8.56. The SMILES string of the molecule is CCCn1ccnc1CN1CCC(C(O)c2nccn2C)CC1. The van der Waals surface area contributed by atoms with Gasteiger partial charge in [0.1, 0.15) is 17.8 Å². The average Bonchev–Trinajstić information content (AvgIpc) is 3.17. The van der Waals surface area contributed by atoms with Gasteiger partial charge in [0.25, 0.3) is 0 Å². The van der Waals surface area contributed by atoms with Crippen molar-refractivity contribution < 1.29 is 5.11 Å². The Bertz CT molecular complexity index is 612. The molecule has 3 heterocycles. The fourth-order valence-corrected chi connectivity index (χ4v) is 3.44. The molecule has 1 aliphatic rings. The minimum atomic E-state index is -0.459. The van der Waals surface area contributed by atoms with Gasteiger partial charge in [-0.25, -0.2) is 9.97 Å². The van der Waals surface area contributed by atoms with E-state index >= 15 is 0 Å². The summed E-state index contributed by atoms with van der Waals surface area (Å²) in [5, 5.41) is 10.6. The number of aliphatic hydroxyl groups excluding tert-OH is 1. The van der Waals surface area contributed by atoms with Crippen molar-refractivity contribution in [3.05, 3.63) is 36.4 Å². The van der Waals surface area contributed by atoms with E-state index in [0.29, 0.717) is 5.92 Å². The summed E-state index contributed by atoms with van der Waals surface area (Å²) in [6.45, 7) is 6.13. The highest BCUT2D eigenvalue weighted by molar-refractivity contribution is 4.99. The molecule has 0 aliphatic carbocycles. The second-order valence-electron chi connectivity index (χ2n) is 6.49. The zero-order chi connectivity index (χ0) is 16.2. The minimum absolute atomic E-state index is 0.294. The van der Waals surface area contributed by atoms with Crippen molar-refractivity contribution in [1.82, 2.24) is 24.0 Å². The van der Waals surface area contributed by atoms with Crippen molar-refractivity contribution in [2.24, 2.45) is 13.0 Å². The largest absolute Gasteiger partial charge is 0.385 e. The topological polar surface area (TPSA) is 59.1 Å². The summed E-state index contributed by atoms with van der Waals surface area (Å²) in [5.41, 5.74) is 0. The molecule has 1 aliphatic heterocycles. The molecule has 3 rings (SSSR count). The predicted molar refractivity (Wildman–Crippen MR) is 88.7 cm³/mol. The van der Waals surface area contributed by atoms with Gasteiger partial charge in [-0.2, -0.15) is 0 Å². The molecule has 2 aromatic heterocycles. The van der Waals surface area contributed by atoms with Crippen molar-refractivity contribution in [2.75, 3.05) is 13.1 Å². The monoisotopic (exact) mass is 317 g/mol. The van der Waals surface area contributed by atoms with E-state index in [-0.39, 0.29) is 0 Å². The molecule has 2 aromatic rings. The summed E-state index contributed by atoms with van der Waals surface area (Å²) in [6, 6.07) is 0. The van der Waals surface area contributed by atoms with E-state index in [1.54, 1.807) is 6.20 Å². The first kappa shape index (κ1) is 16.2. The average molecular weight is 317 g/mol. The van der Waals surface area contributed by atoms with Crippen LogP contribution in [0.25, 0.3) is 0 Å². The number of aliphatic hydroxyl groups is 1. The van der Waals surface area contributed by atoms with E-state index in [0.717, 1.165) is 57.1 Å². The summed E-state index contributed by atoms with van der Waals surface area (Å²) >= 11 is 0. The van der Waals surface area contributed by atoms with Crippen LogP contribution in [0.3, 0.4) is 0 Å². The molecule has 6 nitrogen and oxygen atoms in total. The minimum Gasteiger partial charge on any atom is -0.385 e. The van der Waals surface area contributed by atoms with E-state index in [1.807, 2.05) is 24.0 Å². The lowest BCUT2D eigenvalue weighted by Gasteiger charge is -2.33. The van der Waals surface area contributed by atoms with Crippen LogP contribution in [-0.4, -0.2) is 42.2 Å². The Balaban J connectivity index is 1.54. The third-order valence-corrected chi connectivity index (χ3v) is 4.83. The lowest BCUT2D eigenvalue weighted by atomic mass is 9.90. The molecule has 1 unspecified atom stereocenters. The maximum absolute atomic E-state index is 10.6. The highest BCUT2D eigenvalue weighted by Gasteiger charge is 2.28. The lowest BCUT2D eigenvalue weighted by molar-refractivity contribution is 0.0483. The Morgan fingerprint density at radius 3 is 2.61 bits per heavy atom. The van der Waals surface area contributed by atoms with Gasteiger partial charge in [-0.05, 0) is 38.3 Å². The van der Waals surface area contributed by atoms with Gasteiger partial charge in [-0.3, -0.25) is 4.90 Å². The summed E-state index contributed by atoms with van der Waals surface area (Å²) in [5.74, 6) is 2.22. The molecule has 0 aromatic carbocycles. The number of hydrogen-bond donors (Lipinski definition) is 1. The Kier molecular flexibility index (Phi) is 5.13. The maximum atomic E-state index is 10.6. The summed E-state index contributed by atoms with van der Waals surface area (Å²) in [7, 11) is 1.94. The molecule has 1 N–H and O–H groups in total. The summed E-state index contributed by atoms with van der Waals surface area (Å²) in [6.07, 6.45) is 10.3. The molecule has 0 saturated carbocycles. The quantitative estimate of drug-likeness (QED) is 0.885. The number of likely N-dealkylation sites (tertiary alicyclic amines) is 1. The maximum Gasteiger partial charge on any atom is 0.137 e. The molecule has 1 fully saturated rings. The Hall–Kier alpha value is -1.66. The Morgan fingerprint density at radius 1 is 1.22 bits per heavy atom. The van der Waals surface area contributed by atoms with Crippen molar-refractivity contribution in [3.63, 3.8) is 0 Å². The number of imidazole rings is 2. The van der Waals surface area contributed by atoms with Crippen LogP contribution in [0, 0.1) is 5.92 Å². The fraction of sp³-hybridized carbons (Fsp3) is 0.647. The van der Waals surface area contributed by atoms with Gasteiger partial charge >= 0.3 is 0 Å². The van der Waals surface area contributed by atoms with Crippen molar-refractivity contribution in [1.29, 1.82) is 0 Å². The first-order valence-corrected chi connectivity index (χ1v) is 8.56. The number of hydrogen-bond acceptors (Lipinski definition) is 4. The number of rotatable bonds is 6. The fourth-order valence-electron chi connectivity index (χ4n) is 3.44. The molecule has 0 spiro atoms. The lowest BCUT2D eigenvalue weighted by Crippen LogP contribution is -2.36. The molecule has 0 bridgehead atoms. The third-order valence-electron chi connectivity index (χ3n) is 4.83. The zero-order valence-electron chi connectivity index (χ0n) is 14.1. The Labute approximate surface area is 137 Å². The van der Waals surface area contributed by atoms with E-state index in [2.05, 4.69) is 32.6 Å². The van der Waals surface area contributed by atoms with Gasteiger partial charge in [0.2, 0.25) is 0 Å². The molecule has 23 heavy (non-hydrogen) atoms. The second kappa shape index (κ2) is 7.27. The second-order valence-corrected chi connectivity index (χ2v) is 6.49. The number of piperidine rings is 1. The third kappa shape index (κ3) is 3.64. The van der Waals surface area contributed by atoms with E-state index < -0.39 is 6.10 Å². The van der Waals surface area contributed by atoms with Crippen LogP contribution in [0.5, 0.6) is 0 Å². The molecule has 1 atom stereocenters. The summed E-state index contributed by atoms with van der Waals surface area (Å²) < 4.78 is 4.16. The predicted octanol–water partition coefficient (Wildman–Crippen LogP) is 1.97. The summed E-state index contributed by atoms with van der Waals surface area (Å²) in [4.78, 5) is 11.2. The van der Waals surface area contributed by atoms with E-state index in [1.165, 1.54) is 0 Å². The molecular weight excluding hydrogens is 290 g/mol. The van der Waals surface area contributed by atoms with Gasteiger partial charge in [0.15, 0.2) is 0 Å². The van der Waals surface area contributed by atoms with Crippen molar-refractivity contribution >= 4 is 0 Å². The van der Waals surface area contributed by atoms with E-state index in [9.17, 15) is 5.11 Å². The molecule has 0 amide bonds. The van der Waals surface area contributed by atoms with Crippen molar-refractivity contribution in [3.8, 4) is 0 Å². The smallest absolute Gasteiger partial charge is 0.137 e. The first-order chi connectivity index (χ1) is 11.2. The molecule has 1 saturated heterocycles. The molecular formula is C17H27N5O. The van der Waals surface area contributed by atoms with Crippen LogP contribution >= 0.6 is 0 Å². The number of nitrogens with zero attached hydrogens (tertiary/aromatic N) is 5. The standard InChI is InChI=1S/C17H27N5O/c1-3-8-22-12-7-18-15(22)13-21-9-4-14(5-10-21)16(23)17-19-6-11-20(17)2/h6-7,11-12,14,16,23H,3-5,8-10,13H2,1-2H3. The van der Waals surface area contributed by atoms with Gasteiger partial charge < -0.3 is 14.2 Å². The normalized spacial score (nSPS) is 18.4. The van der Waals surface area contributed by atoms with Gasteiger partial charge in [0.05, 0.1) is 6.54 Å². The number of aromatic nitrogens is 4. The van der Waals surface area contributed by atoms with Gasteiger partial charge in [-0.15, -0.1) is 0 Å². The van der Waals surface area contributed by atoms with Crippen LogP contribution in [-0.2, 0) is 20.1 Å². The van der Waals surface area contributed by atoms with Gasteiger partial charge in [0, 0.05) is 38.4 Å². The highest BCUT2D eigenvalue weighted by atomic mass is 16.3. The van der Waals surface area contributed by atoms with Crippen LogP contribution in [0.2, 0.25) is 0 Å². The molecule has 0 radical (unpaired) electrons. The van der Waals surface area contributed by atoms with E-state index in [4.69, 9.17) is 0 Å². The number of aryl methyl sites for hydroxylation is 2. The Morgan fingerprint density at radius 2 is 1.96 bits per heavy atom. The molecule has 6 heteroatoms. The molecule has 126 valence electrons. The van der Waals surface area contributed by atoms with Crippen LogP contribution < -0.4 is 0 Å². The van der Waals surface area contributed by atoms with Crippen LogP contribution in [0.15, 0.2) is 24.8 Å².